The maximum Gasteiger partial charge on any atom is 0.229 e. The number of thiazole rings is 1. The predicted octanol–water partition coefficient (Wildman–Crippen LogP) is 5.64. The third-order valence-corrected chi connectivity index (χ3v) is 8.03. The number of carbonyl (C=O) groups is 1. The standard InChI is InChI=1S/C23H21ClN2O4S2/c1-16-13-17(24)14-20-22(16)25-23(31-20)26(15-18-7-5-11-30-18)21(27)10-6-12-32(28,29)19-8-3-2-4-9-19/h2-5,7-9,11,13-14H,6,10,12,15H2,1H3. The SMILES string of the molecule is Cc1cc(Cl)cc2sc(N(Cc3ccco3)C(=O)CCCS(=O)(=O)c3ccccc3)nc12. The highest BCUT2D eigenvalue weighted by Gasteiger charge is 2.23. The van der Waals surface area contributed by atoms with E-state index >= 15 is 0 Å². The summed E-state index contributed by atoms with van der Waals surface area (Å²) in [6, 6.07) is 15.5. The summed E-state index contributed by atoms with van der Waals surface area (Å²) in [5.74, 6) is 0.295. The monoisotopic (exact) mass is 488 g/mol. The number of sulfone groups is 1. The zero-order valence-corrected chi connectivity index (χ0v) is 19.7. The van der Waals surface area contributed by atoms with Gasteiger partial charge in [0.2, 0.25) is 5.91 Å². The van der Waals surface area contributed by atoms with Crippen LogP contribution in [0.1, 0.15) is 24.2 Å². The molecule has 0 saturated heterocycles. The summed E-state index contributed by atoms with van der Waals surface area (Å²) >= 11 is 7.55. The fourth-order valence-electron chi connectivity index (χ4n) is 3.37. The lowest BCUT2D eigenvalue weighted by atomic mass is 10.2. The van der Waals surface area contributed by atoms with Crippen molar-refractivity contribution in [2.24, 2.45) is 0 Å². The highest BCUT2D eigenvalue weighted by atomic mass is 35.5. The number of furan rings is 1. The van der Waals surface area contributed by atoms with Gasteiger partial charge in [0.15, 0.2) is 15.0 Å². The van der Waals surface area contributed by atoms with E-state index in [2.05, 4.69) is 4.98 Å². The molecule has 4 rings (SSSR count). The average molecular weight is 489 g/mol. The molecule has 166 valence electrons. The van der Waals surface area contributed by atoms with E-state index in [1.54, 1.807) is 53.6 Å². The number of hydrogen-bond acceptors (Lipinski definition) is 6. The first-order chi connectivity index (χ1) is 15.3. The van der Waals surface area contributed by atoms with E-state index in [-0.39, 0.29) is 35.9 Å². The number of amides is 1. The fourth-order valence-corrected chi connectivity index (χ4v) is 6.14. The molecule has 32 heavy (non-hydrogen) atoms. The molecule has 2 aromatic heterocycles. The van der Waals surface area contributed by atoms with Crippen LogP contribution in [0, 0.1) is 6.92 Å². The van der Waals surface area contributed by atoms with E-state index in [4.69, 9.17) is 16.0 Å². The molecule has 1 amide bonds. The minimum Gasteiger partial charge on any atom is -0.467 e. The van der Waals surface area contributed by atoms with Crippen LogP contribution in [0.3, 0.4) is 0 Å². The van der Waals surface area contributed by atoms with Gasteiger partial charge >= 0.3 is 0 Å². The number of anilines is 1. The van der Waals surface area contributed by atoms with Crippen molar-refractivity contribution in [3.05, 3.63) is 77.2 Å². The second-order valence-corrected chi connectivity index (χ2v) is 10.9. The smallest absolute Gasteiger partial charge is 0.229 e. The van der Waals surface area contributed by atoms with Crippen LogP contribution in [0.25, 0.3) is 10.2 Å². The highest BCUT2D eigenvalue weighted by molar-refractivity contribution is 7.91. The minimum atomic E-state index is -3.44. The Bertz CT molecular complexity index is 1330. The highest BCUT2D eigenvalue weighted by Crippen LogP contribution is 2.34. The number of benzene rings is 2. The maximum absolute atomic E-state index is 13.2. The van der Waals surface area contributed by atoms with Crippen molar-refractivity contribution in [2.45, 2.75) is 31.2 Å². The number of carbonyl (C=O) groups excluding carboxylic acids is 1. The van der Waals surface area contributed by atoms with Crippen LogP contribution in [0.5, 0.6) is 0 Å². The van der Waals surface area contributed by atoms with Gasteiger partial charge in [-0.1, -0.05) is 41.1 Å². The maximum atomic E-state index is 13.2. The first-order valence-corrected chi connectivity index (χ1v) is 12.9. The van der Waals surface area contributed by atoms with Crippen molar-refractivity contribution in [1.82, 2.24) is 4.98 Å². The Balaban J connectivity index is 1.54. The summed E-state index contributed by atoms with van der Waals surface area (Å²) in [6.45, 7) is 2.13. The van der Waals surface area contributed by atoms with Gasteiger partial charge in [-0.15, -0.1) is 0 Å². The molecule has 0 spiro atoms. The number of hydrogen-bond donors (Lipinski definition) is 0. The van der Waals surface area contributed by atoms with Crippen LogP contribution in [-0.4, -0.2) is 25.1 Å². The first kappa shape index (κ1) is 22.5. The van der Waals surface area contributed by atoms with Gasteiger partial charge in [-0.2, -0.15) is 0 Å². The van der Waals surface area contributed by atoms with E-state index in [9.17, 15) is 13.2 Å². The van der Waals surface area contributed by atoms with Gasteiger partial charge < -0.3 is 4.42 Å². The zero-order valence-electron chi connectivity index (χ0n) is 17.3. The molecule has 2 heterocycles. The number of fused-ring (bicyclic) bond motifs is 1. The topological polar surface area (TPSA) is 80.5 Å². The van der Waals surface area contributed by atoms with Crippen molar-refractivity contribution in [3.8, 4) is 0 Å². The molecule has 0 radical (unpaired) electrons. The molecule has 0 atom stereocenters. The fraction of sp³-hybridized carbons (Fsp3) is 0.217. The normalized spacial score (nSPS) is 11.7. The lowest BCUT2D eigenvalue weighted by Gasteiger charge is -2.18. The van der Waals surface area contributed by atoms with E-state index in [1.165, 1.54) is 11.3 Å². The lowest BCUT2D eigenvalue weighted by Crippen LogP contribution is -2.30. The minimum absolute atomic E-state index is 0.0719. The molecule has 0 aliphatic rings. The van der Waals surface area contributed by atoms with Crippen LogP contribution in [0.4, 0.5) is 5.13 Å². The van der Waals surface area contributed by atoms with Crippen molar-refractivity contribution in [3.63, 3.8) is 0 Å². The Morgan fingerprint density at radius 1 is 1.16 bits per heavy atom. The third kappa shape index (κ3) is 5.03. The molecule has 4 aromatic rings. The van der Waals surface area contributed by atoms with Crippen LogP contribution in [0.2, 0.25) is 5.02 Å². The summed E-state index contributed by atoms with van der Waals surface area (Å²) in [5, 5.41) is 1.14. The van der Waals surface area contributed by atoms with Gasteiger partial charge in [0.05, 0.1) is 33.7 Å². The van der Waals surface area contributed by atoms with E-state index < -0.39 is 9.84 Å². The quantitative estimate of drug-likeness (QED) is 0.320. The average Bonchev–Trinajstić information content (AvgIpc) is 3.42. The number of aryl methyl sites for hydroxylation is 1. The molecule has 0 bridgehead atoms. The van der Waals surface area contributed by atoms with Crippen molar-refractivity contribution in [2.75, 3.05) is 10.7 Å². The Hall–Kier alpha value is -2.68. The second-order valence-electron chi connectivity index (χ2n) is 7.36. The zero-order chi connectivity index (χ0) is 22.7. The summed E-state index contributed by atoms with van der Waals surface area (Å²) in [5.41, 5.74) is 1.72. The molecule has 0 unspecified atom stereocenters. The molecule has 6 nitrogen and oxygen atoms in total. The number of aromatic nitrogens is 1. The molecule has 2 aromatic carbocycles. The molecular weight excluding hydrogens is 468 g/mol. The summed E-state index contributed by atoms with van der Waals surface area (Å²) in [7, 11) is -3.44. The molecule has 9 heteroatoms. The molecule has 0 fully saturated rings. The van der Waals surface area contributed by atoms with E-state index in [0.29, 0.717) is 15.9 Å². The Morgan fingerprint density at radius 3 is 2.66 bits per heavy atom. The van der Waals surface area contributed by atoms with Gasteiger partial charge in [0.1, 0.15) is 5.76 Å². The molecular formula is C23H21ClN2O4S2. The van der Waals surface area contributed by atoms with Crippen LogP contribution >= 0.6 is 22.9 Å². The second kappa shape index (κ2) is 9.44. The molecule has 0 aliphatic carbocycles. The van der Waals surface area contributed by atoms with Crippen molar-refractivity contribution < 1.29 is 17.6 Å². The molecule has 0 aliphatic heterocycles. The molecule has 0 saturated carbocycles. The van der Waals surface area contributed by atoms with Gasteiger partial charge in [0.25, 0.3) is 0 Å². The predicted molar refractivity (Wildman–Crippen MR) is 127 cm³/mol. The number of halogens is 1. The van der Waals surface area contributed by atoms with Gasteiger partial charge in [-0.25, -0.2) is 13.4 Å². The Labute approximate surface area is 195 Å². The van der Waals surface area contributed by atoms with Crippen molar-refractivity contribution >= 4 is 54.0 Å². The van der Waals surface area contributed by atoms with Gasteiger partial charge in [-0.3, -0.25) is 9.69 Å². The van der Waals surface area contributed by atoms with Gasteiger partial charge in [0, 0.05) is 11.4 Å². The van der Waals surface area contributed by atoms with Crippen LogP contribution < -0.4 is 4.90 Å². The Kier molecular flexibility index (Phi) is 6.64. The largest absolute Gasteiger partial charge is 0.467 e. The summed E-state index contributed by atoms with van der Waals surface area (Å²) in [6.07, 6.45) is 1.83. The Morgan fingerprint density at radius 2 is 1.94 bits per heavy atom. The molecule has 0 N–H and O–H groups in total. The summed E-state index contributed by atoms with van der Waals surface area (Å²) in [4.78, 5) is 19.6. The number of rotatable bonds is 8. The van der Waals surface area contributed by atoms with Crippen molar-refractivity contribution in [1.29, 1.82) is 0 Å². The first-order valence-electron chi connectivity index (χ1n) is 10.0. The summed E-state index contributed by atoms with van der Waals surface area (Å²) < 4.78 is 31.4. The van der Waals surface area contributed by atoms with E-state index in [0.717, 1.165) is 15.8 Å². The van der Waals surface area contributed by atoms with Crippen LogP contribution in [-0.2, 0) is 21.2 Å². The van der Waals surface area contributed by atoms with Crippen LogP contribution in [0.15, 0.2) is 70.2 Å². The van der Waals surface area contributed by atoms with E-state index in [1.807, 2.05) is 19.1 Å². The number of nitrogens with zero attached hydrogens (tertiary/aromatic N) is 2. The lowest BCUT2D eigenvalue weighted by molar-refractivity contribution is -0.118. The van der Waals surface area contributed by atoms with Gasteiger partial charge in [-0.05, 0) is 55.3 Å². The third-order valence-electron chi connectivity index (χ3n) is 4.97.